The number of nitrogens with one attached hydrogen (secondary N) is 1. The highest BCUT2D eigenvalue weighted by Gasteiger charge is 1.93. The zero-order valence-electron chi connectivity index (χ0n) is 6.79. The second kappa shape index (κ2) is 6.04. The van der Waals surface area contributed by atoms with E-state index in [9.17, 15) is 0 Å². The van der Waals surface area contributed by atoms with E-state index in [0.29, 0.717) is 0 Å². The molecule has 0 spiro atoms. The molecule has 0 amide bonds. The van der Waals surface area contributed by atoms with Crippen molar-refractivity contribution in [3.63, 3.8) is 0 Å². The molecule has 1 rings (SSSR count). The average Bonchev–Trinajstić information content (AvgIpc) is 2.03. The van der Waals surface area contributed by atoms with E-state index in [4.69, 9.17) is 15.9 Å². The summed E-state index contributed by atoms with van der Waals surface area (Å²) in [5.41, 5.74) is 5.13. The third-order valence-electron chi connectivity index (χ3n) is 1.21. The van der Waals surface area contributed by atoms with Gasteiger partial charge in [0, 0.05) is 3.57 Å². The maximum atomic E-state index is 6.94. The first-order valence-corrected chi connectivity index (χ1v) is 4.47. The summed E-state index contributed by atoms with van der Waals surface area (Å²) in [6.07, 6.45) is 0. The van der Waals surface area contributed by atoms with Crippen molar-refractivity contribution >= 4 is 40.8 Å². The van der Waals surface area contributed by atoms with Gasteiger partial charge in [-0.25, -0.2) is 0 Å². The van der Waals surface area contributed by atoms with Crippen molar-refractivity contribution in [1.29, 1.82) is 5.41 Å². The van der Waals surface area contributed by atoms with Crippen LogP contribution in [-0.4, -0.2) is 12.4 Å². The van der Waals surface area contributed by atoms with Crippen LogP contribution in [0.1, 0.15) is 0 Å². The number of hydrogen-bond acceptors (Lipinski definition) is 2. The van der Waals surface area contributed by atoms with E-state index >= 15 is 0 Å². The van der Waals surface area contributed by atoms with Crippen LogP contribution >= 0.6 is 35.0 Å². The lowest BCUT2D eigenvalue weighted by Gasteiger charge is -2.03. The number of hydrogen-bond donors (Lipinski definition) is 2. The first-order valence-electron chi connectivity index (χ1n) is 3.40. The smallest absolute Gasteiger partial charge is 0.145 e. The fraction of sp³-hybridized carbons (Fsp3) is 0.125. The largest absolute Gasteiger partial charge is 0.486 e. The second-order valence-corrected chi connectivity index (χ2v) is 3.51. The molecule has 0 aliphatic carbocycles. The van der Waals surface area contributed by atoms with E-state index in [1.807, 2.05) is 24.3 Å². The zero-order chi connectivity index (χ0) is 8.97. The van der Waals surface area contributed by atoms with E-state index in [-0.39, 0.29) is 24.8 Å². The maximum Gasteiger partial charge on any atom is 0.145 e. The van der Waals surface area contributed by atoms with Gasteiger partial charge in [-0.1, -0.05) is 0 Å². The predicted molar refractivity (Wildman–Crippen MR) is 63.8 cm³/mol. The Bertz CT molecular complexity index is 276. The molecule has 1 aromatic rings. The molecule has 0 radical (unpaired) electrons. The van der Waals surface area contributed by atoms with Crippen molar-refractivity contribution in [3.05, 3.63) is 27.8 Å². The standard InChI is InChI=1S/C8H9IN2O.ClH/c9-6-1-3-7(4-2-6)12-5-8(10)11;/h1-4H,5H2,(H3,10,11);1H. The molecule has 0 heterocycles. The highest BCUT2D eigenvalue weighted by molar-refractivity contribution is 14.1. The molecule has 0 aliphatic heterocycles. The zero-order valence-corrected chi connectivity index (χ0v) is 9.76. The van der Waals surface area contributed by atoms with Crippen LogP contribution in [0.25, 0.3) is 0 Å². The highest BCUT2D eigenvalue weighted by atomic mass is 127. The molecule has 72 valence electrons. The lowest BCUT2D eigenvalue weighted by atomic mass is 10.3. The molecule has 0 atom stereocenters. The van der Waals surface area contributed by atoms with Gasteiger partial charge in [0.25, 0.3) is 0 Å². The molecule has 0 aromatic heterocycles. The Morgan fingerprint density at radius 3 is 2.38 bits per heavy atom. The molecule has 0 aliphatic rings. The Balaban J connectivity index is 0.00000144. The van der Waals surface area contributed by atoms with Crippen LogP contribution in [0.4, 0.5) is 0 Å². The van der Waals surface area contributed by atoms with E-state index in [1.54, 1.807) is 0 Å². The third-order valence-corrected chi connectivity index (χ3v) is 1.93. The minimum Gasteiger partial charge on any atom is -0.486 e. The van der Waals surface area contributed by atoms with Crippen LogP contribution in [0, 0.1) is 8.98 Å². The van der Waals surface area contributed by atoms with Gasteiger partial charge in [0.1, 0.15) is 18.2 Å². The molecular weight excluding hydrogens is 302 g/mol. The van der Waals surface area contributed by atoms with Gasteiger partial charge in [-0.3, -0.25) is 5.41 Å². The molecule has 3 N–H and O–H groups in total. The Morgan fingerprint density at radius 1 is 1.38 bits per heavy atom. The number of nitrogens with two attached hydrogens (primary N) is 1. The van der Waals surface area contributed by atoms with Crippen molar-refractivity contribution in [3.8, 4) is 5.75 Å². The quantitative estimate of drug-likeness (QED) is 0.510. The van der Waals surface area contributed by atoms with Crippen LogP contribution in [0.5, 0.6) is 5.75 Å². The van der Waals surface area contributed by atoms with Crippen LogP contribution < -0.4 is 10.5 Å². The van der Waals surface area contributed by atoms with Crippen molar-refractivity contribution in [2.75, 3.05) is 6.61 Å². The van der Waals surface area contributed by atoms with Crippen molar-refractivity contribution in [1.82, 2.24) is 0 Å². The van der Waals surface area contributed by atoms with Gasteiger partial charge >= 0.3 is 0 Å². The van der Waals surface area contributed by atoms with Gasteiger partial charge in [0.15, 0.2) is 0 Å². The molecule has 0 unspecified atom stereocenters. The van der Waals surface area contributed by atoms with Crippen molar-refractivity contribution in [2.24, 2.45) is 5.73 Å². The van der Waals surface area contributed by atoms with Crippen LogP contribution in [0.3, 0.4) is 0 Å². The summed E-state index contributed by atoms with van der Waals surface area (Å²) in [6.45, 7) is 0.153. The maximum absolute atomic E-state index is 6.94. The predicted octanol–water partition coefficient (Wildman–Crippen LogP) is 2.03. The number of benzene rings is 1. The summed E-state index contributed by atoms with van der Waals surface area (Å²) >= 11 is 2.22. The fourth-order valence-electron chi connectivity index (χ4n) is 0.692. The first kappa shape index (κ1) is 12.5. The molecule has 0 saturated heterocycles. The lowest BCUT2D eigenvalue weighted by molar-refractivity contribution is 0.374. The molecule has 0 saturated carbocycles. The number of ether oxygens (including phenoxy) is 1. The van der Waals surface area contributed by atoms with Gasteiger partial charge in [0.2, 0.25) is 0 Å². The normalized spacial score (nSPS) is 8.69. The molecule has 0 fully saturated rings. The Kier molecular flexibility index (Phi) is 5.81. The minimum absolute atomic E-state index is 0. The van der Waals surface area contributed by atoms with E-state index < -0.39 is 0 Å². The fourth-order valence-corrected chi connectivity index (χ4v) is 1.05. The molecular formula is C8H10ClIN2O. The minimum atomic E-state index is 0. The van der Waals surface area contributed by atoms with Crippen LogP contribution in [0.2, 0.25) is 0 Å². The Hall–Kier alpha value is -0.490. The van der Waals surface area contributed by atoms with E-state index in [2.05, 4.69) is 22.6 Å². The van der Waals surface area contributed by atoms with E-state index in [1.165, 1.54) is 0 Å². The van der Waals surface area contributed by atoms with Crippen molar-refractivity contribution in [2.45, 2.75) is 0 Å². The van der Waals surface area contributed by atoms with Gasteiger partial charge in [-0.05, 0) is 46.9 Å². The summed E-state index contributed by atoms with van der Waals surface area (Å²) in [4.78, 5) is 0. The summed E-state index contributed by atoms with van der Waals surface area (Å²) < 4.78 is 6.32. The molecule has 1 aromatic carbocycles. The first-order chi connectivity index (χ1) is 5.68. The van der Waals surface area contributed by atoms with Crippen LogP contribution in [-0.2, 0) is 0 Å². The Labute approximate surface area is 96.7 Å². The number of amidine groups is 1. The Morgan fingerprint density at radius 2 is 1.92 bits per heavy atom. The molecule has 0 bridgehead atoms. The highest BCUT2D eigenvalue weighted by Crippen LogP contribution is 2.12. The topological polar surface area (TPSA) is 59.1 Å². The SMILES string of the molecule is Cl.N=C(N)COc1ccc(I)cc1. The van der Waals surface area contributed by atoms with Crippen molar-refractivity contribution < 1.29 is 4.74 Å². The number of rotatable bonds is 3. The summed E-state index contributed by atoms with van der Waals surface area (Å²) in [7, 11) is 0. The summed E-state index contributed by atoms with van der Waals surface area (Å²) in [6, 6.07) is 7.58. The molecule has 3 nitrogen and oxygen atoms in total. The lowest BCUT2D eigenvalue weighted by Crippen LogP contribution is -2.19. The third kappa shape index (κ3) is 4.94. The van der Waals surface area contributed by atoms with E-state index in [0.717, 1.165) is 9.32 Å². The number of halogens is 2. The van der Waals surface area contributed by atoms with Crippen LogP contribution in [0.15, 0.2) is 24.3 Å². The summed E-state index contributed by atoms with van der Waals surface area (Å²) in [5, 5.41) is 6.94. The van der Waals surface area contributed by atoms with Gasteiger partial charge in [-0.15, -0.1) is 12.4 Å². The van der Waals surface area contributed by atoms with Gasteiger partial charge < -0.3 is 10.5 Å². The summed E-state index contributed by atoms with van der Waals surface area (Å²) in [5.74, 6) is 0.777. The second-order valence-electron chi connectivity index (χ2n) is 2.27. The van der Waals surface area contributed by atoms with Gasteiger partial charge in [0.05, 0.1) is 0 Å². The molecule has 13 heavy (non-hydrogen) atoms. The van der Waals surface area contributed by atoms with Gasteiger partial charge in [-0.2, -0.15) is 0 Å². The monoisotopic (exact) mass is 312 g/mol. The molecule has 5 heteroatoms. The average molecular weight is 313 g/mol.